The Labute approximate surface area is 110 Å². The molecule has 0 saturated heterocycles. The highest BCUT2D eigenvalue weighted by atomic mass is 16.2. The lowest BCUT2D eigenvalue weighted by Gasteiger charge is -2.23. The summed E-state index contributed by atoms with van der Waals surface area (Å²) in [6.07, 6.45) is 0. The van der Waals surface area contributed by atoms with E-state index >= 15 is 0 Å². The van der Waals surface area contributed by atoms with Gasteiger partial charge in [-0.3, -0.25) is 0 Å². The average molecular weight is 248 g/mol. The Morgan fingerprint density at radius 1 is 1.22 bits per heavy atom. The number of para-hydroxylation sites is 1. The molecule has 0 radical (unpaired) electrons. The first kappa shape index (κ1) is 14.6. The van der Waals surface area contributed by atoms with Crippen molar-refractivity contribution in [3.63, 3.8) is 0 Å². The maximum atomic E-state index is 11.9. The molecule has 0 aromatic heterocycles. The number of hydrogen-bond acceptors (Lipinski definition) is 1. The van der Waals surface area contributed by atoms with Gasteiger partial charge in [-0.25, -0.2) is 4.79 Å². The molecule has 3 nitrogen and oxygen atoms in total. The summed E-state index contributed by atoms with van der Waals surface area (Å²) in [5, 5.41) is 5.88. The smallest absolute Gasteiger partial charge is 0.319 e. The number of anilines is 1. The van der Waals surface area contributed by atoms with Gasteiger partial charge in [-0.05, 0) is 44.7 Å². The summed E-state index contributed by atoms with van der Waals surface area (Å²) in [5.74, 6) is 0.384. The molecule has 0 aliphatic carbocycles. The molecule has 0 aliphatic heterocycles. The molecule has 0 bridgehead atoms. The van der Waals surface area contributed by atoms with E-state index in [4.69, 9.17) is 0 Å². The highest BCUT2D eigenvalue weighted by Crippen LogP contribution is 2.27. The van der Waals surface area contributed by atoms with E-state index in [1.807, 2.05) is 39.8 Å². The number of aryl methyl sites for hydroxylation is 1. The van der Waals surface area contributed by atoms with Crippen LogP contribution in [-0.2, 0) is 0 Å². The van der Waals surface area contributed by atoms with E-state index in [9.17, 15) is 4.79 Å². The van der Waals surface area contributed by atoms with Crippen LogP contribution in [0.25, 0.3) is 0 Å². The van der Waals surface area contributed by atoms with E-state index in [2.05, 4.69) is 30.5 Å². The molecule has 0 aliphatic rings. The third-order valence-electron chi connectivity index (χ3n) is 2.65. The minimum atomic E-state index is -0.231. The second kappa shape index (κ2) is 5.42. The van der Waals surface area contributed by atoms with Crippen LogP contribution in [0.5, 0.6) is 0 Å². The van der Waals surface area contributed by atoms with Crippen molar-refractivity contribution in [3.05, 3.63) is 29.3 Å². The van der Waals surface area contributed by atoms with Crippen molar-refractivity contribution in [3.8, 4) is 0 Å². The van der Waals surface area contributed by atoms with Crippen molar-refractivity contribution in [2.75, 3.05) is 5.32 Å². The minimum absolute atomic E-state index is 0.154. The maximum absolute atomic E-state index is 11.9. The second-order valence-corrected chi connectivity index (χ2v) is 6.02. The monoisotopic (exact) mass is 248 g/mol. The Balaban J connectivity index is 2.93. The Bertz CT molecular complexity index is 431. The van der Waals surface area contributed by atoms with Gasteiger partial charge in [0, 0.05) is 11.2 Å². The predicted octanol–water partition coefficient (Wildman–Crippen LogP) is 4.04. The van der Waals surface area contributed by atoms with Crippen LogP contribution < -0.4 is 10.6 Å². The van der Waals surface area contributed by atoms with E-state index in [0.717, 1.165) is 11.3 Å². The summed E-state index contributed by atoms with van der Waals surface area (Å²) in [5.41, 5.74) is 2.95. The molecule has 0 spiro atoms. The van der Waals surface area contributed by atoms with E-state index in [1.165, 1.54) is 5.56 Å². The van der Waals surface area contributed by atoms with Crippen molar-refractivity contribution in [1.82, 2.24) is 5.32 Å². The van der Waals surface area contributed by atoms with Crippen LogP contribution in [0.3, 0.4) is 0 Å². The highest BCUT2D eigenvalue weighted by Gasteiger charge is 2.16. The predicted molar refractivity (Wildman–Crippen MR) is 77.2 cm³/mol. The quantitative estimate of drug-likeness (QED) is 0.815. The van der Waals surface area contributed by atoms with Crippen LogP contribution in [-0.4, -0.2) is 11.6 Å². The molecule has 1 aromatic carbocycles. The summed E-state index contributed by atoms with van der Waals surface area (Å²) >= 11 is 0. The van der Waals surface area contributed by atoms with Crippen LogP contribution in [0.4, 0.5) is 10.5 Å². The fourth-order valence-electron chi connectivity index (χ4n) is 1.83. The molecular weight excluding hydrogens is 224 g/mol. The Hall–Kier alpha value is -1.51. The van der Waals surface area contributed by atoms with Gasteiger partial charge in [0.1, 0.15) is 0 Å². The number of carbonyl (C=O) groups excluding carboxylic acids is 1. The molecule has 2 N–H and O–H groups in total. The lowest BCUT2D eigenvalue weighted by Crippen LogP contribution is -2.43. The van der Waals surface area contributed by atoms with Gasteiger partial charge >= 0.3 is 6.03 Å². The van der Waals surface area contributed by atoms with Crippen LogP contribution in [0.1, 0.15) is 51.7 Å². The fourth-order valence-corrected chi connectivity index (χ4v) is 1.83. The third kappa shape index (κ3) is 4.06. The summed E-state index contributed by atoms with van der Waals surface area (Å²) in [6, 6.07) is 5.94. The maximum Gasteiger partial charge on any atom is 0.319 e. The van der Waals surface area contributed by atoms with E-state index < -0.39 is 0 Å². The molecule has 0 heterocycles. The summed E-state index contributed by atoms with van der Waals surface area (Å²) in [4.78, 5) is 11.9. The van der Waals surface area contributed by atoms with Crippen molar-refractivity contribution < 1.29 is 4.79 Å². The minimum Gasteiger partial charge on any atom is -0.333 e. The van der Waals surface area contributed by atoms with Gasteiger partial charge < -0.3 is 10.6 Å². The van der Waals surface area contributed by atoms with Crippen molar-refractivity contribution in [2.45, 2.75) is 53.0 Å². The molecule has 1 rings (SSSR count). The molecule has 0 unspecified atom stereocenters. The molecule has 18 heavy (non-hydrogen) atoms. The first-order valence-electron chi connectivity index (χ1n) is 6.39. The number of hydrogen-bond donors (Lipinski definition) is 2. The lowest BCUT2D eigenvalue weighted by atomic mass is 9.98. The first-order chi connectivity index (χ1) is 8.20. The lowest BCUT2D eigenvalue weighted by molar-refractivity contribution is 0.244. The largest absolute Gasteiger partial charge is 0.333 e. The van der Waals surface area contributed by atoms with E-state index in [1.54, 1.807) is 0 Å². The third-order valence-corrected chi connectivity index (χ3v) is 2.65. The molecule has 2 amide bonds. The number of rotatable bonds is 2. The zero-order valence-electron chi connectivity index (χ0n) is 12.2. The van der Waals surface area contributed by atoms with Crippen LogP contribution in [0, 0.1) is 6.92 Å². The fraction of sp³-hybridized carbons (Fsp3) is 0.533. The molecule has 3 heteroatoms. The van der Waals surface area contributed by atoms with Gasteiger partial charge in [0.2, 0.25) is 0 Å². The summed E-state index contributed by atoms with van der Waals surface area (Å²) < 4.78 is 0. The van der Waals surface area contributed by atoms with E-state index in [0.29, 0.717) is 5.92 Å². The first-order valence-corrected chi connectivity index (χ1v) is 6.39. The van der Waals surface area contributed by atoms with Gasteiger partial charge in [-0.1, -0.05) is 32.0 Å². The molecule has 1 aromatic rings. The normalized spacial score (nSPS) is 11.5. The van der Waals surface area contributed by atoms with Crippen LogP contribution in [0.2, 0.25) is 0 Å². The standard InChI is InChI=1S/C15H24N2O/c1-10(2)12-9-7-8-11(3)13(12)16-14(18)17-15(4,5)6/h7-10H,1-6H3,(H2,16,17,18). The van der Waals surface area contributed by atoms with Gasteiger partial charge in [-0.2, -0.15) is 0 Å². The number of urea groups is 1. The molecule has 100 valence electrons. The van der Waals surface area contributed by atoms with Gasteiger partial charge in [0.25, 0.3) is 0 Å². The SMILES string of the molecule is Cc1cccc(C(C)C)c1NC(=O)NC(C)(C)C. The Kier molecular flexibility index (Phi) is 4.38. The Morgan fingerprint density at radius 2 is 1.83 bits per heavy atom. The highest BCUT2D eigenvalue weighted by molar-refractivity contribution is 5.91. The van der Waals surface area contributed by atoms with Crippen molar-refractivity contribution in [2.24, 2.45) is 0 Å². The average Bonchev–Trinajstić information content (AvgIpc) is 2.17. The van der Waals surface area contributed by atoms with Crippen molar-refractivity contribution in [1.29, 1.82) is 0 Å². The zero-order valence-corrected chi connectivity index (χ0v) is 12.2. The van der Waals surface area contributed by atoms with Gasteiger partial charge in [0.05, 0.1) is 0 Å². The van der Waals surface area contributed by atoms with Gasteiger partial charge in [0.15, 0.2) is 0 Å². The number of nitrogens with one attached hydrogen (secondary N) is 2. The van der Waals surface area contributed by atoms with Gasteiger partial charge in [-0.15, -0.1) is 0 Å². The topological polar surface area (TPSA) is 41.1 Å². The molecule has 0 fully saturated rings. The van der Waals surface area contributed by atoms with Crippen LogP contribution >= 0.6 is 0 Å². The molecule has 0 saturated carbocycles. The summed E-state index contributed by atoms with van der Waals surface area (Å²) in [7, 11) is 0. The number of amides is 2. The zero-order chi connectivity index (χ0) is 13.9. The number of carbonyl (C=O) groups is 1. The number of benzene rings is 1. The molecular formula is C15H24N2O. The molecule has 0 atom stereocenters. The van der Waals surface area contributed by atoms with Crippen molar-refractivity contribution >= 4 is 11.7 Å². The summed E-state index contributed by atoms with van der Waals surface area (Å²) in [6.45, 7) is 12.2. The van der Waals surface area contributed by atoms with Crippen LogP contribution in [0.15, 0.2) is 18.2 Å². The Morgan fingerprint density at radius 3 is 2.33 bits per heavy atom. The second-order valence-electron chi connectivity index (χ2n) is 6.02. The van der Waals surface area contributed by atoms with E-state index in [-0.39, 0.29) is 11.6 Å².